The van der Waals surface area contributed by atoms with Crippen molar-refractivity contribution in [2.45, 2.75) is 13.1 Å². The van der Waals surface area contributed by atoms with Crippen LogP contribution in [0.4, 0.5) is 0 Å². The number of rotatable bonds is 4. The lowest BCUT2D eigenvalue weighted by molar-refractivity contribution is 0.694. The standard InChI is InChI=1S/C16H15ClN2.ClH/c17-15-4-1-12(2-5-15)10-18-11-13-3-6-16-14(9-13)7-8-19-16;/h1-9,18-19H,10-11H2;1H. The Balaban J connectivity index is 0.00000147. The lowest BCUT2D eigenvalue weighted by Gasteiger charge is -2.05. The number of fused-ring (bicyclic) bond motifs is 1. The second-order valence-corrected chi connectivity index (χ2v) is 5.07. The SMILES string of the molecule is Cl.Clc1ccc(CNCc2ccc3[nH]ccc3c2)cc1. The van der Waals surface area contributed by atoms with E-state index in [-0.39, 0.29) is 12.4 Å². The number of H-pyrrole nitrogens is 1. The largest absolute Gasteiger partial charge is 0.361 e. The van der Waals surface area contributed by atoms with Crippen molar-refractivity contribution < 1.29 is 0 Å². The van der Waals surface area contributed by atoms with E-state index in [1.807, 2.05) is 30.5 Å². The van der Waals surface area contributed by atoms with Crippen LogP contribution in [-0.2, 0) is 13.1 Å². The van der Waals surface area contributed by atoms with Crippen LogP contribution < -0.4 is 5.32 Å². The summed E-state index contributed by atoms with van der Waals surface area (Å²) in [4.78, 5) is 3.20. The summed E-state index contributed by atoms with van der Waals surface area (Å²) in [6, 6.07) is 16.5. The zero-order valence-corrected chi connectivity index (χ0v) is 12.5. The third kappa shape index (κ3) is 3.54. The minimum atomic E-state index is 0. The van der Waals surface area contributed by atoms with E-state index in [4.69, 9.17) is 11.6 Å². The molecule has 0 aliphatic carbocycles. The average Bonchev–Trinajstić information content (AvgIpc) is 2.88. The maximum absolute atomic E-state index is 5.86. The molecule has 2 N–H and O–H groups in total. The molecule has 20 heavy (non-hydrogen) atoms. The maximum atomic E-state index is 5.86. The van der Waals surface area contributed by atoms with Crippen molar-refractivity contribution in [2.75, 3.05) is 0 Å². The zero-order chi connectivity index (χ0) is 13.1. The summed E-state index contributed by atoms with van der Waals surface area (Å²) in [5, 5.41) is 5.48. The van der Waals surface area contributed by atoms with Gasteiger partial charge >= 0.3 is 0 Å². The Kier molecular flexibility index (Phi) is 5.07. The van der Waals surface area contributed by atoms with E-state index >= 15 is 0 Å². The van der Waals surface area contributed by atoms with Gasteiger partial charge in [-0.3, -0.25) is 0 Å². The van der Waals surface area contributed by atoms with Crippen molar-refractivity contribution >= 4 is 34.9 Å². The smallest absolute Gasteiger partial charge is 0.0454 e. The van der Waals surface area contributed by atoms with E-state index < -0.39 is 0 Å². The Labute approximate surface area is 129 Å². The summed E-state index contributed by atoms with van der Waals surface area (Å²) in [5.41, 5.74) is 3.72. The third-order valence-corrected chi connectivity index (χ3v) is 3.44. The Morgan fingerprint density at radius 1 is 0.900 bits per heavy atom. The molecule has 0 fully saturated rings. The molecule has 0 bridgehead atoms. The minimum Gasteiger partial charge on any atom is -0.361 e. The average molecular weight is 307 g/mol. The monoisotopic (exact) mass is 306 g/mol. The number of nitrogens with one attached hydrogen (secondary N) is 2. The van der Waals surface area contributed by atoms with E-state index in [2.05, 4.69) is 34.6 Å². The molecule has 4 heteroatoms. The molecule has 0 unspecified atom stereocenters. The Hall–Kier alpha value is -1.48. The summed E-state index contributed by atoms with van der Waals surface area (Å²) in [6.07, 6.45) is 1.97. The van der Waals surface area contributed by atoms with Crippen LogP contribution in [0.25, 0.3) is 10.9 Å². The van der Waals surface area contributed by atoms with Crippen LogP contribution in [0.1, 0.15) is 11.1 Å². The molecule has 3 aromatic rings. The Bertz CT molecular complexity index is 674. The number of hydrogen-bond donors (Lipinski definition) is 2. The van der Waals surface area contributed by atoms with Gasteiger partial charge < -0.3 is 10.3 Å². The van der Waals surface area contributed by atoms with E-state index in [0.29, 0.717) is 0 Å². The van der Waals surface area contributed by atoms with Crippen molar-refractivity contribution in [3.05, 3.63) is 70.9 Å². The number of halogens is 2. The molecule has 0 atom stereocenters. The fourth-order valence-corrected chi connectivity index (χ4v) is 2.29. The first-order valence-corrected chi connectivity index (χ1v) is 6.70. The predicted octanol–water partition coefficient (Wildman–Crippen LogP) is 4.53. The van der Waals surface area contributed by atoms with Crippen LogP contribution in [0.5, 0.6) is 0 Å². The highest BCUT2D eigenvalue weighted by atomic mass is 35.5. The maximum Gasteiger partial charge on any atom is 0.0454 e. The fraction of sp³-hybridized carbons (Fsp3) is 0.125. The summed E-state index contributed by atoms with van der Waals surface area (Å²) >= 11 is 5.86. The van der Waals surface area contributed by atoms with E-state index in [1.165, 1.54) is 22.0 Å². The van der Waals surface area contributed by atoms with Crippen molar-refractivity contribution in [3.63, 3.8) is 0 Å². The van der Waals surface area contributed by atoms with Crippen LogP contribution in [0.2, 0.25) is 5.02 Å². The van der Waals surface area contributed by atoms with Gasteiger partial charge in [-0.2, -0.15) is 0 Å². The van der Waals surface area contributed by atoms with Gasteiger partial charge in [0.05, 0.1) is 0 Å². The van der Waals surface area contributed by atoms with Crippen LogP contribution in [0.15, 0.2) is 54.7 Å². The molecule has 104 valence electrons. The highest BCUT2D eigenvalue weighted by Gasteiger charge is 1.98. The summed E-state index contributed by atoms with van der Waals surface area (Å²) in [5.74, 6) is 0. The fourth-order valence-electron chi connectivity index (χ4n) is 2.17. The number of aromatic nitrogens is 1. The van der Waals surface area contributed by atoms with Gasteiger partial charge in [0.2, 0.25) is 0 Å². The molecule has 1 heterocycles. The topological polar surface area (TPSA) is 27.8 Å². The van der Waals surface area contributed by atoms with Gasteiger partial charge in [-0.15, -0.1) is 12.4 Å². The molecule has 0 spiro atoms. The van der Waals surface area contributed by atoms with Gasteiger partial charge in [0.15, 0.2) is 0 Å². The normalized spacial score (nSPS) is 10.4. The van der Waals surface area contributed by atoms with Gasteiger partial charge in [-0.25, -0.2) is 0 Å². The van der Waals surface area contributed by atoms with Crippen LogP contribution in [0.3, 0.4) is 0 Å². The van der Waals surface area contributed by atoms with E-state index in [1.54, 1.807) is 0 Å². The molecule has 1 aromatic heterocycles. The first-order valence-electron chi connectivity index (χ1n) is 6.32. The third-order valence-electron chi connectivity index (χ3n) is 3.19. The first kappa shape index (κ1) is 14.9. The highest BCUT2D eigenvalue weighted by Crippen LogP contribution is 2.14. The molecular formula is C16H16Cl2N2. The van der Waals surface area contributed by atoms with Gasteiger partial charge in [-0.1, -0.05) is 29.8 Å². The summed E-state index contributed by atoms with van der Waals surface area (Å²) < 4.78 is 0. The van der Waals surface area contributed by atoms with Crippen LogP contribution in [0, 0.1) is 0 Å². The van der Waals surface area contributed by atoms with Gasteiger partial charge in [-0.05, 0) is 46.8 Å². The van der Waals surface area contributed by atoms with Gasteiger partial charge in [0, 0.05) is 29.8 Å². The second kappa shape index (κ2) is 6.80. The molecule has 0 aliphatic rings. The molecule has 0 radical (unpaired) electrons. The van der Waals surface area contributed by atoms with Crippen molar-refractivity contribution in [2.24, 2.45) is 0 Å². The van der Waals surface area contributed by atoms with Gasteiger partial charge in [0.1, 0.15) is 0 Å². The number of benzene rings is 2. The summed E-state index contributed by atoms with van der Waals surface area (Å²) in [6.45, 7) is 1.71. The first-order chi connectivity index (χ1) is 9.31. The molecular weight excluding hydrogens is 291 g/mol. The number of aromatic amines is 1. The second-order valence-electron chi connectivity index (χ2n) is 4.63. The van der Waals surface area contributed by atoms with E-state index in [9.17, 15) is 0 Å². The Morgan fingerprint density at radius 2 is 1.60 bits per heavy atom. The predicted molar refractivity (Wildman–Crippen MR) is 87.5 cm³/mol. The quantitative estimate of drug-likeness (QED) is 0.728. The molecule has 2 nitrogen and oxygen atoms in total. The van der Waals surface area contributed by atoms with Crippen molar-refractivity contribution in [1.29, 1.82) is 0 Å². The molecule has 2 aromatic carbocycles. The van der Waals surface area contributed by atoms with Crippen molar-refractivity contribution in [1.82, 2.24) is 10.3 Å². The molecule has 0 aliphatic heterocycles. The van der Waals surface area contributed by atoms with Crippen LogP contribution in [-0.4, -0.2) is 4.98 Å². The minimum absolute atomic E-state index is 0. The van der Waals surface area contributed by atoms with Crippen molar-refractivity contribution in [3.8, 4) is 0 Å². The van der Waals surface area contributed by atoms with Gasteiger partial charge in [0.25, 0.3) is 0 Å². The zero-order valence-electron chi connectivity index (χ0n) is 10.9. The highest BCUT2D eigenvalue weighted by molar-refractivity contribution is 6.30. The molecule has 0 saturated heterocycles. The van der Waals surface area contributed by atoms with E-state index in [0.717, 1.165) is 18.1 Å². The lowest BCUT2D eigenvalue weighted by Crippen LogP contribution is -2.12. The number of hydrogen-bond acceptors (Lipinski definition) is 1. The molecule has 0 saturated carbocycles. The molecule has 0 amide bonds. The lowest BCUT2D eigenvalue weighted by atomic mass is 10.1. The van der Waals surface area contributed by atoms with Crippen LogP contribution >= 0.6 is 24.0 Å². The Morgan fingerprint density at radius 3 is 2.40 bits per heavy atom. The summed E-state index contributed by atoms with van der Waals surface area (Å²) in [7, 11) is 0. The molecule has 3 rings (SSSR count).